The van der Waals surface area contributed by atoms with Crippen molar-refractivity contribution >= 4 is 53.8 Å². The van der Waals surface area contributed by atoms with E-state index < -0.39 is 37.6 Å². The maximum absolute atomic E-state index is 15.2. The second-order valence-electron chi connectivity index (χ2n) is 9.04. The number of fused-ring (bicyclic) bond motifs is 1. The number of nitrogens with one attached hydrogen (secondary N) is 1. The third kappa shape index (κ3) is 5.04. The molecule has 1 saturated heterocycles. The minimum atomic E-state index is -4.04. The topological polar surface area (TPSA) is 101 Å². The van der Waals surface area contributed by atoms with Crippen molar-refractivity contribution in [1.29, 1.82) is 0 Å². The first-order chi connectivity index (χ1) is 17.9. The molecule has 5 rings (SSSR count). The summed E-state index contributed by atoms with van der Waals surface area (Å²) in [6, 6.07) is 19.0. The average Bonchev–Trinajstić information content (AvgIpc) is 3.22. The third-order valence-electron chi connectivity index (χ3n) is 6.42. The van der Waals surface area contributed by atoms with Crippen LogP contribution in [0.15, 0.2) is 88.7 Å². The molecule has 0 radical (unpaired) electrons. The Balaban J connectivity index is 1.37. The van der Waals surface area contributed by atoms with Crippen LogP contribution in [-0.4, -0.2) is 41.6 Å². The number of carbonyl (C=O) groups excluding carboxylic acids is 1. The zero-order valence-electron chi connectivity index (χ0n) is 20.1. The van der Waals surface area contributed by atoms with Crippen LogP contribution < -0.4 is 9.62 Å². The van der Waals surface area contributed by atoms with E-state index in [-0.39, 0.29) is 28.4 Å². The van der Waals surface area contributed by atoms with Crippen molar-refractivity contribution in [3.05, 3.63) is 89.7 Å². The van der Waals surface area contributed by atoms with Gasteiger partial charge in [-0.05, 0) is 65.2 Å². The highest BCUT2D eigenvalue weighted by Gasteiger charge is 2.37. The number of halogens is 2. The van der Waals surface area contributed by atoms with Gasteiger partial charge in [-0.2, -0.15) is 4.72 Å². The number of sulfonamides is 1. The zero-order valence-corrected chi connectivity index (χ0v) is 22.4. The summed E-state index contributed by atoms with van der Waals surface area (Å²) in [7, 11) is -7.59. The van der Waals surface area contributed by atoms with Gasteiger partial charge in [0.15, 0.2) is 9.84 Å². The predicted molar refractivity (Wildman–Crippen MR) is 145 cm³/mol. The maximum Gasteiger partial charge on any atom is 0.245 e. The highest BCUT2D eigenvalue weighted by atomic mass is 35.5. The third-order valence-corrected chi connectivity index (χ3v) is 9.28. The van der Waals surface area contributed by atoms with Gasteiger partial charge in [0.2, 0.25) is 15.9 Å². The fraction of sp³-hybridized carbons (Fsp3) is 0.148. The largest absolute Gasteiger partial charge is 0.308 e. The molecule has 0 aliphatic carbocycles. The lowest BCUT2D eigenvalue weighted by atomic mass is 10.0. The molecule has 4 aromatic carbocycles. The molecule has 7 nitrogen and oxygen atoms in total. The number of carbonyl (C=O) groups is 1. The summed E-state index contributed by atoms with van der Waals surface area (Å²) in [4.78, 5) is 14.4. The molecule has 1 N–H and O–H groups in total. The Hall–Kier alpha value is -3.31. The minimum absolute atomic E-state index is 0.00125. The summed E-state index contributed by atoms with van der Waals surface area (Å²) in [5.74, 6) is -1.31. The van der Waals surface area contributed by atoms with Crippen molar-refractivity contribution in [3.8, 4) is 11.1 Å². The van der Waals surface area contributed by atoms with Crippen LogP contribution in [-0.2, 0) is 24.7 Å². The van der Waals surface area contributed by atoms with Crippen LogP contribution in [0.25, 0.3) is 21.9 Å². The van der Waals surface area contributed by atoms with E-state index in [2.05, 4.69) is 4.72 Å². The van der Waals surface area contributed by atoms with Crippen molar-refractivity contribution < 1.29 is 26.0 Å². The van der Waals surface area contributed by atoms with E-state index >= 15 is 4.39 Å². The van der Waals surface area contributed by atoms with E-state index in [4.69, 9.17) is 11.6 Å². The first-order valence-electron chi connectivity index (χ1n) is 11.6. The van der Waals surface area contributed by atoms with Crippen LogP contribution in [0.2, 0.25) is 5.02 Å². The van der Waals surface area contributed by atoms with Gasteiger partial charge in [-0.15, -0.1) is 0 Å². The van der Waals surface area contributed by atoms with Crippen molar-refractivity contribution in [2.24, 2.45) is 0 Å². The smallest absolute Gasteiger partial charge is 0.245 e. The molecule has 11 heteroatoms. The van der Waals surface area contributed by atoms with Crippen molar-refractivity contribution in [1.82, 2.24) is 4.72 Å². The Kier molecular flexibility index (Phi) is 6.77. The molecule has 0 spiro atoms. The van der Waals surface area contributed by atoms with Crippen LogP contribution in [0, 0.1) is 5.82 Å². The fourth-order valence-electron chi connectivity index (χ4n) is 4.57. The van der Waals surface area contributed by atoms with Gasteiger partial charge in [-0.25, -0.2) is 21.2 Å². The van der Waals surface area contributed by atoms with Gasteiger partial charge in [-0.1, -0.05) is 48.0 Å². The molecule has 1 amide bonds. The lowest BCUT2D eigenvalue weighted by molar-refractivity contribution is -0.118. The Bertz CT molecular complexity index is 1810. The SMILES string of the molecule is CS(=O)(=O)c1ccccc1-c1ccc(N2CC[C@H](NS(=O)(=O)c3ccc4cc(Cl)ccc4c3)C2=O)c(F)c1. The van der Waals surface area contributed by atoms with Gasteiger partial charge in [0, 0.05) is 23.4 Å². The molecular formula is C27H22ClFN2O5S2. The highest BCUT2D eigenvalue weighted by Crippen LogP contribution is 2.33. The Morgan fingerprint density at radius 3 is 2.37 bits per heavy atom. The molecule has 1 heterocycles. The van der Waals surface area contributed by atoms with Gasteiger partial charge < -0.3 is 4.90 Å². The van der Waals surface area contributed by atoms with E-state index in [1.165, 1.54) is 41.3 Å². The van der Waals surface area contributed by atoms with Gasteiger partial charge in [-0.3, -0.25) is 4.79 Å². The normalized spacial score (nSPS) is 16.3. The molecule has 196 valence electrons. The van der Waals surface area contributed by atoms with E-state index in [0.717, 1.165) is 11.6 Å². The molecule has 38 heavy (non-hydrogen) atoms. The summed E-state index contributed by atoms with van der Waals surface area (Å²) in [5, 5.41) is 1.98. The number of hydrogen-bond donors (Lipinski definition) is 1. The van der Waals surface area contributed by atoms with Gasteiger partial charge >= 0.3 is 0 Å². The summed E-state index contributed by atoms with van der Waals surface area (Å²) in [6.45, 7) is 0.110. The predicted octanol–water partition coefficient (Wildman–Crippen LogP) is 4.79. The molecule has 1 aliphatic rings. The number of rotatable bonds is 6. The monoisotopic (exact) mass is 572 g/mol. The molecule has 0 unspecified atom stereocenters. The maximum atomic E-state index is 15.2. The quantitative estimate of drug-likeness (QED) is 0.358. The van der Waals surface area contributed by atoms with E-state index in [9.17, 15) is 21.6 Å². The first-order valence-corrected chi connectivity index (χ1v) is 15.3. The Labute approximate surface area is 224 Å². The molecule has 1 fully saturated rings. The fourth-order valence-corrected chi connectivity index (χ4v) is 6.92. The number of anilines is 1. The molecule has 4 aromatic rings. The summed E-state index contributed by atoms with van der Waals surface area (Å²) >= 11 is 5.99. The van der Waals surface area contributed by atoms with E-state index in [1.54, 1.807) is 42.5 Å². The number of hydrogen-bond acceptors (Lipinski definition) is 5. The molecule has 0 aromatic heterocycles. The molecule has 1 aliphatic heterocycles. The first kappa shape index (κ1) is 26.3. The second-order valence-corrected chi connectivity index (χ2v) is 13.2. The summed E-state index contributed by atoms with van der Waals surface area (Å²) in [6.07, 6.45) is 1.23. The van der Waals surface area contributed by atoms with Crippen molar-refractivity contribution in [2.45, 2.75) is 22.3 Å². The average molecular weight is 573 g/mol. The van der Waals surface area contributed by atoms with Crippen molar-refractivity contribution in [3.63, 3.8) is 0 Å². The molecule has 0 saturated carbocycles. The van der Waals surface area contributed by atoms with Crippen LogP contribution in [0.4, 0.5) is 10.1 Å². The zero-order chi connectivity index (χ0) is 27.2. The molecule has 1 atom stereocenters. The number of nitrogens with zero attached hydrogens (tertiary/aromatic N) is 1. The Morgan fingerprint density at radius 1 is 0.921 bits per heavy atom. The molecule has 0 bridgehead atoms. The lowest BCUT2D eigenvalue weighted by Crippen LogP contribution is -2.41. The second kappa shape index (κ2) is 9.77. The molecular weight excluding hydrogens is 551 g/mol. The van der Waals surface area contributed by atoms with E-state index in [1.807, 2.05) is 0 Å². The van der Waals surface area contributed by atoms with Gasteiger partial charge in [0.25, 0.3) is 0 Å². The Morgan fingerprint density at radius 2 is 1.63 bits per heavy atom. The minimum Gasteiger partial charge on any atom is -0.308 e. The van der Waals surface area contributed by atoms with Gasteiger partial charge in [0.1, 0.15) is 11.9 Å². The number of amides is 1. The van der Waals surface area contributed by atoms with Crippen LogP contribution >= 0.6 is 11.6 Å². The standard InChI is InChI=1S/C27H22ClFN2O5S2/c1-37(33,34)26-5-3-2-4-22(26)19-8-11-25(23(29)16-19)31-13-12-24(27(31)32)30-38(35,36)21-10-7-17-14-20(28)9-6-18(17)15-21/h2-11,14-16,24,30H,12-13H2,1H3/t24-/m0/s1. The summed E-state index contributed by atoms with van der Waals surface area (Å²) in [5.41, 5.74) is 0.671. The van der Waals surface area contributed by atoms with Crippen LogP contribution in [0.1, 0.15) is 6.42 Å². The van der Waals surface area contributed by atoms with E-state index in [0.29, 0.717) is 21.5 Å². The lowest BCUT2D eigenvalue weighted by Gasteiger charge is -2.19. The number of benzene rings is 4. The van der Waals surface area contributed by atoms with Crippen molar-refractivity contribution in [2.75, 3.05) is 17.7 Å². The number of sulfone groups is 1. The van der Waals surface area contributed by atoms with Gasteiger partial charge in [0.05, 0.1) is 15.5 Å². The summed E-state index contributed by atoms with van der Waals surface area (Å²) < 4.78 is 68.0. The van der Waals surface area contributed by atoms with Crippen LogP contribution in [0.3, 0.4) is 0 Å². The highest BCUT2D eigenvalue weighted by molar-refractivity contribution is 7.91. The van der Waals surface area contributed by atoms with Crippen LogP contribution in [0.5, 0.6) is 0 Å².